The van der Waals surface area contributed by atoms with Gasteiger partial charge in [0.2, 0.25) is 0 Å². The third-order valence-electron chi connectivity index (χ3n) is 4.10. The zero-order chi connectivity index (χ0) is 28.7. The van der Waals surface area contributed by atoms with Crippen LogP contribution in [0.2, 0.25) is 0 Å². The fourth-order valence-electron chi connectivity index (χ4n) is 2.14. The highest BCUT2D eigenvalue weighted by Crippen LogP contribution is 2.13. The third-order valence-corrected chi connectivity index (χ3v) is 5.78. The minimum absolute atomic E-state index is 0.0582. The zero-order valence-electron chi connectivity index (χ0n) is 24.2. The van der Waals surface area contributed by atoms with E-state index in [1.807, 2.05) is 0 Å². The monoisotopic (exact) mass is 712 g/mol. The predicted octanol–water partition coefficient (Wildman–Crippen LogP) is 9.66. The summed E-state index contributed by atoms with van der Waals surface area (Å²) in [6.07, 6.45) is 20.0. The van der Waals surface area contributed by atoms with Gasteiger partial charge in [-0.05, 0) is 51.4 Å². The summed E-state index contributed by atoms with van der Waals surface area (Å²) < 4.78 is 11.0. The second-order valence-corrected chi connectivity index (χ2v) is 10.1. The van der Waals surface area contributed by atoms with Crippen LogP contribution in [0.25, 0.3) is 0 Å². The summed E-state index contributed by atoms with van der Waals surface area (Å²) in [5, 5.41) is 11.2. The van der Waals surface area contributed by atoms with E-state index in [0.717, 1.165) is 87.0 Å². The molecule has 37 heavy (non-hydrogen) atoms. The highest BCUT2D eigenvalue weighted by molar-refractivity contribution is 9.09. The topological polar surface area (TPSA) is 38.7 Å². The molecule has 1 fully saturated rings. The van der Waals surface area contributed by atoms with Crippen LogP contribution in [0.3, 0.4) is 0 Å². The first-order valence-electron chi connectivity index (χ1n) is 14.0. The molecular weight excluding hydrogens is 660 g/mol. The Balaban J connectivity index is -0.000000202. The number of hydrogen-bond donors (Lipinski definition) is 1. The summed E-state index contributed by atoms with van der Waals surface area (Å²) in [6.45, 7) is 10.3. The van der Waals surface area contributed by atoms with Crippen molar-refractivity contribution in [3.63, 3.8) is 0 Å². The molecule has 218 valence electrons. The van der Waals surface area contributed by atoms with Gasteiger partial charge in [0.1, 0.15) is 0 Å². The van der Waals surface area contributed by atoms with Crippen LogP contribution in [0.1, 0.15) is 118 Å². The van der Waals surface area contributed by atoms with Crippen molar-refractivity contribution in [2.45, 2.75) is 124 Å². The SMILES string of the molecule is C#CCCC.CCC#CCCCBr.CCC#CCCCOC1CCCCO1.CCCCBr.OCCCBr. The Kier molecular flexibility index (Phi) is 58.3. The van der Waals surface area contributed by atoms with E-state index in [1.165, 1.54) is 32.1 Å². The van der Waals surface area contributed by atoms with E-state index in [4.69, 9.17) is 21.0 Å². The van der Waals surface area contributed by atoms with E-state index < -0.39 is 0 Å². The van der Waals surface area contributed by atoms with Crippen molar-refractivity contribution < 1.29 is 14.6 Å². The van der Waals surface area contributed by atoms with Gasteiger partial charge in [-0.15, -0.1) is 36.0 Å². The second kappa shape index (κ2) is 49.0. The van der Waals surface area contributed by atoms with Gasteiger partial charge in [-0.1, -0.05) is 81.9 Å². The minimum Gasteiger partial charge on any atom is -0.396 e. The second-order valence-electron chi connectivity index (χ2n) is 7.74. The molecular formula is C31H55Br3O3. The van der Waals surface area contributed by atoms with Gasteiger partial charge in [-0.2, -0.15) is 0 Å². The smallest absolute Gasteiger partial charge is 0.157 e. The Morgan fingerprint density at radius 3 is 1.70 bits per heavy atom. The van der Waals surface area contributed by atoms with Crippen LogP contribution in [0.4, 0.5) is 0 Å². The quantitative estimate of drug-likeness (QED) is 0.132. The van der Waals surface area contributed by atoms with E-state index in [-0.39, 0.29) is 6.29 Å². The van der Waals surface area contributed by atoms with Gasteiger partial charge in [0, 0.05) is 61.3 Å². The molecule has 0 saturated carbocycles. The van der Waals surface area contributed by atoms with Crippen LogP contribution < -0.4 is 0 Å². The minimum atomic E-state index is 0.0582. The van der Waals surface area contributed by atoms with E-state index in [2.05, 4.69) is 105 Å². The number of ether oxygens (including phenoxy) is 2. The lowest BCUT2D eigenvalue weighted by molar-refractivity contribution is -0.162. The summed E-state index contributed by atoms with van der Waals surface area (Å²) in [5.74, 6) is 14.7. The first-order chi connectivity index (χ1) is 18.1. The molecule has 0 radical (unpaired) electrons. The fourth-order valence-corrected chi connectivity index (χ4v) is 3.23. The molecule has 0 amide bonds. The van der Waals surface area contributed by atoms with Crippen molar-refractivity contribution in [1.82, 2.24) is 0 Å². The Morgan fingerprint density at radius 2 is 1.38 bits per heavy atom. The molecule has 6 heteroatoms. The summed E-state index contributed by atoms with van der Waals surface area (Å²) >= 11 is 9.79. The fraction of sp³-hybridized carbons (Fsp3) is 0.806. The molecule has 0 aromatic rings. The molecule has 1 aliphatic rings. The van der Waals surface area contributed by atoms with Crippen molar-refractivity contribution in [3.05, 3.63) is 0 Å². The third kappa shape index (κ3) is 57.1. The van der Waals surface area contributed by atoms with Crippen LogP contribution in [0, 0.1) is 36.0 Å². The van der Waals surface area contributed by atoms with E-state index >= 15 is 0 Å². The molecule has 0 aromatic heterocycles. The summed E-state index contributed by atoms with van der Waals surface area (Å²) in [4.78, 5) is 0. The lowest BCUT2D eigenvalue weighted by Gasteiger charge is -2.22. The normalized spacial score (nSPS) is 12.9. The average molecular weight is 715 g/mol. The van der Waals surface area contributed by atoms with Gasteiger partial charge in [0.25, 0.3) is 0 Å². The number of aliphatic hydroxyl groups is 1. The van der Waals surface area contributed by atoms with Gasteiger partial charge in [-0.3, -0.25) is 0 Å². The lowest BCUT2D eigenvalue weighted by atomic mass is 10.2. The van der Waals surface area contributed by atoms with E-state index in [0.29, 0.717) is 6.61 Å². The summed E-state index contributed by atoms with van der Waals surface area (Å²) in [6, 6.07) is 0. The summed E-state index contributed by atoms with van der Waals surface area (Å²) in [5.41, 5.74) is 0. The van der Waals surface area contributed by atoms with Crippen molar-refractivity contribution in [1.29, 1.82) is 0 Å². The molecule has 0 spiro atoms. The standard InChI is InChI=1S/C12H20O2.C7H11Br.C5H8.C4H9Br.C3H7BrO/c1-2-3-4-5-7-10-13-12-9-6-8-11-14-12;1-2-3-4-5-6-7-8;1-3-5-4-2;1-2-3-4-5;4-2-1-3-5/h12H,2,5-11H2,1H3;2,5-7H2,1H3;1H,4-5H2,2H3;2-4H2,1H3;5H,1-3H2. The molecule has 0 aromatic carbocycles. The van der Waals surface area contributed by atoms with Crippen molar-refractivity contribution >= 4 is 47.8 Å². The number of aliphatic hydroxyl groups excluding tert-OH is 1. The Labute approximate surface area is 256 Å². The number of halogens is 3. The van der Waals surface area contributed by atoms with Gasteiger partial charge < -0.3 is 14.6 Å². The molecule has 0 bridgehead atoms. The first-order valence-corrected chi connectivity index (χ1v) is 17.3. The lowest BCUT2D eigenvalue weighted by Crippen LogP contribution is -2.22. The molecule has 1 saturated heterocycles. The maximum absolute atomic E-state index is 8.04. The molecule has 1 aliphatic heterocycles. The molecule has 1 rings (SSSR count). The molecule has 3 nitrogen and oxygen atoms in total. The van der Waals surface area contributed by atoms with Crippen LogP contribution in [-0.2, 0) is 9.47 Å². The van der Waals surface area contributed by atoms with Crippen LogP contribution >= 0.6 is 47.8 Å². The van der Waals surface area contributed by atoms with Gasteiger partial charge in [-0.25, -0.2) is 0 Å². The molecule has 0 aliphatic carbocycles. The van der Waals surface area contributed by atoms with Crippen molar-refractivity contribution in [3.8, 4) is 36.0 Å². The number of terminal acetylenes is 1. The Hall–Kier alpha value is -0.0000000000000000555. The molecule has 1 N–H and O–H groups in total. The van der Waals surface area contributed by atoms with Gasteiger partial charge in [0.15, 0.2) is 6.29 Å². The van der Waals surface area contributed by atoms with Crippen molar-refractivity contribution in [2.75, 3.05) is 35.8 Å². The van der Waals surface area contributed by atoms with Gasteiger partial charge >= 0.3 is 0 Å². The van der Waals surface area contributed by atoms with Crippen LogP contribution in [0.5, 0.6) is 0 Å². The number of hydrogen-bond acceptors (Lipinski definition) is 3. The van der Waals surface area contributed by atoms with Gasteiger partial charge in [0.05, 0.1) is 6.61 Å². The zero-order valence-corrected chi connectivity index (χ0v) is 29.0. The highest BCUT2D eigenvalue weighted by atomic mass is 79.9. The maximum Gasteiger partial charge on any atom is 0.157 e. The number of unbranched alkanes of at least 4 members (excludes halogenated alkanes) is 4. The Morgan fingerprint density at radius 1 is 0.784 bits per heavy atom. The van der Waals surface area contributed by atoms with Crippen LogP contribution in [0.15, 0.2) is 0 Å². The van der Waals surface area contributed by atoms with E-state index in [9.17, 15) is 0 Å². The molecule has 1 atom stereocenters. The maximum atomic E-state index is 8.04. The first kappa shape index (κ1) is 44.0. The molecule has 1 heterocycles. The number of rotatable bonds is 11. The largest absolute Gasteiger partial charge is 0.396 e. The summed E-state index contributed by atoms with van der Waals surface area (Å²) in [7, 11) is 0. The average Bonchev–Trinajstić information content (AvgIpc) is 2.92. The molecule has 1 unspecified atom stereocenters. The Bertz CT molecular complexity index is 526. The van der Waals surface area contributed by atoms with Crippen LogP contribution in [-0.4, -0.2) is 47.2 Å². The van der Waals surface area contributed by atoms with Crippen molar-refractivity contribution in [2.24, 2.45) is 0 Å². The number of alkyl halides is 3. The van der Waals surface area contributed by atoms with E-state index in [1.54, 1.807) is 0 Å². The predicted molar refractivity (Wildman–Crippen MR) is 176 cm³/mol. The highest BCUT2D eigenvalue weighted by Gasteiger charge is 2.12.